The van der Waals surface area contributed by atoms with Gasteiger partial charge >= 0.3 is 12.1 Å². The number of carbonyl (C=O) groups is 2. The summed E-state index contributed by atoms with van der Waals surface area (Å²) in [6, 6.07) is 1.66. The van der Waals surface area contributed by atoms with E-state index in [2.05, 4.69) is 0 Å². The van der Waals surface area contributed by atoms with E-state index in [1.54, 1.807) is 27.7 Å². The highest BCUT2D eigenvalue weighted by Crippen LogP contribution is 2.38. The molecule has 0 radical (unpaired) electrons. The van der Waals surface area contributed by atoms with Crippen LogP contribution < -0.4 is 4.90 Å². The van der Waals surface area contributed by atoms with Crippen LogP contribution in [0.25, 0.3) is 0 Å². The van der Waals surface area contributed by atoms with Crippen LogP contribution in [0.15, 0.2) is 12.1 Å². The second-order valence-corrected chi connectivity index (χ2v) is 6.10. The van der Waals surface area contributed by atoms with Crippen LogP contribution in [0.3, 0.4) is 0 Å². The van der Waals surface area contributed by atoms with E-state index < -0.39 is 29.5 Å². The Kier molecular flexibility index (Phi) is 3.65. The van der Waals surface area contributed by atoms with Crippen molar-refractivity contribution >= 4 is 17.7 Å². The second kappa shape index (κ2) is 5.02. The summed E-state index contributed by atoms with van der Waals surface area (Å²) in [6.07, 6.45) is -0.834. The minimum Gasteiger partial charge on any atom is -0.480 e. The number of ether oxygens (including phenoxy) is 1. The molecule has 2 rings (SSSR count). The average Bonchev–Trinajstić information content (AvgIpc) is 2.73. The number of benzene rings is 1. The summed E-state index contributed by atoms with van der Waals surface area (Å²) in [5, 5.41) is 9.31. The molecule has 1 N–H and O–H groups in total. The fourth-order valence-electron chi connectivity index (χ4n) is 2.43. The molecule has 0 saturated heterocycles. The zero-order valence-electron chi connectivity index (χ0n) is 12.4. The van der Waals surface area contributed by atoms with Crippen LogP contribution in [0.2, 0.25) is 0 Å². The molecule has 1 aromatic rings. The first-order chi connectivity index (χ1) is 9.61. The molecule has 1 heterocycles. The standard InChI is InChI=1S/C15H18FNO4/c1-8-5-6-10(16)9-7-11(13(18)19)17(12(8)9)14(20)21-15(2,3)4/h5-6,11H,7H2,1-4H3,(H,18,19)/t11-/m0/s1. The summed E-state index contributed by atoms with van der Waals surface area (Å²) < 4.78 is 19.2. The lowest BCUT2D eigenvalue weighted by atomic mass is 10.1. The molecule has 1 amide bonds. The number of anilines is 1. The normalized spacial score (nSPS) is 17.6. The number of fused-ring (bicyclic) bond motifs is 1. The topological polar surface area (TPSA) is 66.8 Å². The van der Waals surface area contributed by atoms with Gasteiger partial charge in [-0.25, -0.2) is 14.0 Å². The Morgan fingerprint density at radius 2 is 2.00 bits per heavy atom. The first-order valence-corrected chi connectivity index (χ1v) is 6.65. The van der Waals surface area contributed by atoms with E-state index in [0.717, 1.165) is 4.90 Å². The van der Waals surface area contributed by atoms with Gasteiger partial charge in [0.25, 0.3) is 0 Å². The van der Waals surface area contributed by atoms with Gasteiger partial charge in [-0.15, -0.1) is 0 Å². The van der Waals surface area contributed by atoms with E-state index in [1.807, 2.05) is 0 Å². The van der Waals surface area contributed by atoms with Gasteiger partial charge < -0.3 is 9.84 Å². The van der Waals surface area contributed by atoms with Crippen LogP contribution in [0.4, 0.5) is 14.9 Å². The van der Waals surface area contributed by atoms with E-state index in [4.69, 9.17) is 4.74 Å². The zero-order valence-corrected chi connectivity index (χ0v) is 12.4. The number of nitrogens with zero attached hydrogens (tertiary/aromatic N) is 1. The number of hydrogen-bond donors (Lipinski definition) is 1. The molecule has 1 aromatic carbocycles. The molecule has 1 aliphatic heterocycles. The molecule has 0 spiro atoms. The zero-order chi connectivity index (χ0) is 15.9. The highest BCUT2D eigenvalue weighted by Gasteiger charge is 2.42. The Balaban J connectivity index is 2.50. The number of hydrogen-bond acceptors (Lipinski definition) is 3. The largest absolute Gasteiger partial charge is 0.480 e. The van der Waals surface area contributed by atoms with Crippen LogP contribution in [0.1, 0.15) is 31.9 Å². The Morgan fingerprint density at radius 3 is 2.52 bits per heavy atom. The van der Waals surface area contributed by atoms with Gasteiger partial charge in [-0.2, -0.15) is 0 Å². The van der Waals surface area contributed by atoms with Gasteiger partial charge in [0, 0.05) is 12.0 Å². The highest BCUT2D eigenvalue weighted by atomic mass is 19.1. The molecule has 0 unspecified atom stereocenters. The van der Waals surface area contributed by atoms with Gasteiger partial charge in [0.1, 0.15) is 17.5 Å². The van der Waals surface area contributed by atoms with E-state index in [9.17, 15) is 19.1 Å². The maximum absolute atomic E-state index is 13.9. The predicted octanol–water partition coefficient (Wildman–Crippen LogP) is 2.88. The van der Waals surface area contributed by atoms with Crippen molar-refractivity contribution in [2.75, 3.05) is 4.90 Å². The highest BCUT2D eigenvalue weighted by molar-refractivity contribution is 5.99. The number of aliphatic carboxylic acids is 1. The molecule has 0 bridgehead atoms. The Labute approximate surface area is 122 Å². The number of halogens is 1. The first-order valence-electron chi connectivity index (χ1n) is 6.65. The fourth-order valence-corrected chi connectivity index (χ4v) is 2.43. The maximum Gasteiger partial charge on any atom is 0.415 e. The minimum atomic E-state index is -1.18. The molecule has 0 aromatic heterocycles. The molecule has 0 saturated carbocycles. The molecule has 21 heavy (non-hydrogen) atoms. The number of carboxylic acid groups (broad SMARTS) is 1. The number of aryl methyl sites for hydroxylation is 1. The summed E-state index contributed by atoms with van der Waals surface area (Å²) in [5.41, 5.74) is 0.426. The molecule has 1 atom stereocenters. The molecule has 0 aliphatic carbocycles. The number of amides is 1. The van der Waals surface area contributed by atoms with E-state index >= 15 is 0 Å². The van der Waals surface area contributed by atoms with Crippen molar-refractivity contribution in [2.24, 2.45) is 0 Å². The van der Waals surface area contributed by atoms with Crippen LogP contribution >= 0.6 is 0 Å². The molecule has 114 valence electrons. The van der Waals surface area contributed by atoms with Gasteiger partial charge in [-0.1, -0.05) is 6.07 Å². The van der Waals surface area contributed by atoms with Gasteiger partial charge in [0.15, 0.2) is 0 Å². The lowest BCUT2D eigenvalue weighted by molar-refractivity contribution is -0.138. The third-order valence-electron chi connectivity index (χ3n) is 3.25. The summed E-state index contributed by atoms with van der Waals surface area (Å²) >= 11 is 0. The van der Waals surface area contributed by atoms with E-state index in [1.165, 1.54) is 12.1 Å². The molecule has 5 nitrogen and oxygen atoms in total. The van der Waals surface area contributed by atoms with Crippen molar-refractivity contribution in [2.45, 2.75) is 45.8 Å². The van der Waals surface area contributed by atoms with Crippen molar-refractivity contribution in [3.63, 3.8) is 0 Å². The molecule has 0 fully saturated rings. The van der Waals surface area contributed by atoms with Gasteiger partial charge in [0.05, 0.1) is 5.69 Å². The Bertz CT molecular complexity index is 606. The molecule has 6 heteroatoms. The summed E-state index contributed by atoms with van der Waals surface area (Å²) in [7, 11) is 0. The van der Waals surface area contributed by atoms with E-state index in [-0.39, 0.29) is 12.0 Å². The lowest BCUT2D eigenvalue weighted by Gasteiger charge is -2.28. The summed E-state index contributed by atoms with van der Waals surface area (Å²) in [5.74, 6) is -1.69. The third kappa shape index (κ3) is 2.84. The van der Waals surface area contributed by atoms with Crippen LogP contribution in [0.5, 0.6) is 0 Å². The van der Waals surface area contributed by atoms with Crippen molar-refractivity contribution in [1.82, 2.24) is 0 Å². The van der Waals surface area contributed by atoms with Gasteiger partial charge in [-0.05, 0) is 39.3 Å². The monoisotopic (exact) mass is 295 g/mol. The van der Waals surface area contributed by atoms with Crippen molar-refractivity contribution in [1.29, 1.82) is 0 Å². The van der Waals surface area contributed by atoms with Gasteiger partial charge in [-0.3, -0.25) is 4.90 Å². The molecular weight excluding hydrogens is 277 g/mol. The minimum absolute atomic E-state index is 0.0581. The Morgan fingerprint density at radius 1 is 1.38 bits per heavy atom. The second-order valence-electron chi connectivity index (χ2n) is 6.10. The average molecular weight is 295 g/mol. The number of carbonyl (C=O) groups excluding carboxylic acids is 1. The first kappa shape index (κ1) is 15.3. The van der Waals surface area contributed by atoms with Crippen molar-refractivity contribution in [3.8, 4) is 0 Å². The SMILES string of the molecule is Cc1ccc(F)c2c1N(C(=O)OC(C)(C)C)[C@H](C(=O)O)C2. The number of carboxylic acids is 1. The summed E-state index contributed by atoms with van der Waals surface area (Å²) in [4.78, 5) is 24.8. The number of rotatable bonds is 1. The lowest BCUT2D eigenvalue weighted by Crippen LogP contribution is -2.45. The molecule has 1 aliphatic rings. The maximum atomic E-state index is 13.9. The van der Waals surface area contributed by atoms with Gasteiger partial charge in [0.2, 0.25) is 0 Å². The smallest absolute Gasteiger partial charge is 0.415 e. The summed E-state index contributed by atoms with van der Waals surface area (Å²) in [6.45, 7) is 6.78. The van der Waals surface area contributed by atoms with Crippen molar-refractivity contribution < 1.29 is 23.8 Å². The molecular formula is C15H18FNO4. The quantitative estimate of drug-likeness (QED) is 0.865. The van der Waals surface area contributed by atoms with Crippen LogP contribution in [-0.4, -0.2) is 28.8 Å². The Hall–Kier alpha value is -2.11. The fraction of sp³-hybridized carbons (Fsp3) is 0.467. The van der Waals surface area contributed by atoms with Crippen LogP contribution in [-0.2, 0) is 16.0 Å². The predicted molar refractivity (Wildman–Crippen MR) is 75.0 cm³/mol. The van der Waals surface area contributed by atoms with Crippen LogP contribution in [0, 0.1) is 12.7 Å². The van der Waals surface area contributed by atoms with Crippen molar-refractivity contribution in [3.05, 3.63) is 29.1 Å². The van der Waals surface area contributed by atoms with E-state index in [0.29, 0.717) is 11.3 Å². The third-order valence-corrected chi connectivity index (χ3v) is 3.25.